The Kier molecular flexibility index (Phi) is 3.98. The zero-order valence-electron chi connectivity index (χ0n) is 9.45. The van der Waals surface area contributed by atoms with Gasteiger partial charge in [0.05, 0.1) is 4.99 Å². The number of likely N-dealkylation sites (tertiary alicyclic amines) is 1. The average molecular weight is 226 g/mol. The van der Waals surface area contributed by atoms with Crippen LogP contribution in [0.5, 0.6) is 0 Å². The Bertz CT molecular complexity index is 230. The van der Waals surface area contributed by atoms with Gasteiger partial charge < -0.3 is 10.6 Å². The topological polar surface area (TPSA) is 29.3 Å². The zero-order chi connectivity index (χ0) is 10.7. The van der Waals surface area contributed by atoms with Crippen LogP contribution in [-0.4, -0.2) is 29.0 Å². The molecule has 1 aliphatic heterocycles. The van der Waals surface area contributed by atoms with Gasteiger partial charge in [0.1, 0.15) is 0 Å². The van der Waals surface area contributed by atoms with Crippen LogP contribution in [0.4, 0.5) is 0 Å². The Morgan fingerprint density at radius 2 is 2.07 bits per heavy atom. The third kappa shape index (κ3) is 2.91. The van der Waals surface area contributed by atoms with E-state index < -0.39 is 0 Å². The van der Waals surface area contributed by atoms with Crippen molar-refractivity contribution in [3.05, 3.63) is 0 Å². The van der Waals surface area contributed by atoms with Gasteiger partial charge >= 0.3 is 0 Å². The van der Waals surface area contributed by atoms with Crippen LogP contribution in [0, 0.1) is 5.92 Å². The Morgan fingerprint density at radius 3 is 2.87 bits per heavy atom. The summed E-state index contributed by atoms with van der Waals surface area (Å²) in [7, 11) is 0. The zero-order valence-corrected chi connectivity index (χ0v) is 10.3. The van der Waals surface area contributed by atoms with Gasteiger partial charge in [0.2, 0.25) is 0 Å². The summed E-state index contributed by atoms with van der Waals surface area (Å²) in [5.41, 5.74) is 5.53. The Balaban J connectivity index is 1.77. The highest BCUT2D eigenvalue weighted by Crippen LogP contribution is 2.36. The lowest BCUT2D eigenvalue weighted by atomic mass is 9.92. The monoisotopic (exact) mass is 226 g/mol. The average Bonchev–Trinajstić information content (AvgIpc) is 2.65. The molecule has 2 rings (SSSR count). The molecule has 3 heteroatoms. The lowest BCUT2D eigenvalue weighted by molar-refractivity contribution is 0.112. The summed E-state index contributed by atoms with van der Waals surface area (Å²) in [5.74, 6) is 1.00. The van der Waals surface area contributed by atoms with E-state index in [9.17, 15) is 0 Å². The standard InChI is InChI=1S/C12H22N2S/c13-12(15)7-3-9-14-8-2-5-10-4-1-6-11(10)14/h10-11H,1-9H2,(H2,13,15). The van der Waals surface area contributed by atoms with Gasteiger partial charge in [-0.1, -0.05) is 18.6 Å². The summed E-state index contributed by atoms with van der Waals surface area (Å²) in [5, 5.41) is 0. The van der Waals surface area contributed by atoms with Crippen LogP contribution < -0.4 is 5.73 Å². The predicted octanol–water partition coefficient (Wildman–Crippen LogP) is 2.32. The maximum Gasteiger partial charge on any atom is 0.0727 e. The number of hydrogen-bond donors (Lipinski definition) is 1. The highest BCUT2D eigenvalue weighted by atomic mass is 32.1. The van der Waals surface area contributed by atoms with E-state index in [0.717, 1.165) is 24.8 Å². The van der Waals surface area contributed by atoms with Crippen LogP contribution in [0.25, 0.3) is 0 Å². The molecule has 1 heterocycles. The number of hydrogen-bond acceptors (Lipinski definition) is 2. The van der Waals surface area contributed by atoms with E-state index in [1.807, 2.05) is 0 Å². The van der Waals surface area contributed by atoms with Crippen molar-refractivity contribution in [2.75, 3.05) is 13.1 Å². The lowest BCUT2D eigenvalue weighted by Crippen LogP contribution is -2.43. The Morgan fingerprint density at radius 1 is 1.27 bits per heavy atom. The van der Waals surface area contributed by atoms with Crippen LogP contribution in [0.3, 0.4) is 0 Å². The van der Waals surface area contributed by atoms with Crippen molar-refractivity contribution in [2.45, 2.75) is 51.0 Å². The molecule has 2 N–H and O–H groups in total. The maximum absolute atomic E-state index is 5.53. The molecule has 2 fully saturated rings. The second-order valence-electron chi connectivity index (χ2n) is 5.01. The molecular formula is C12H22N2S. The van der Waals surface area contributed by atoms with Crippen LogP contribution in [0.1, 0.15) is 44.9 Å². The summed E-state index contributed by atoms with van der Waals surface area (Å²) >= 11 is 4.92. The van der Waals surface area contributed by atoms with E-state index in [1.165, 1.54) is 45.2 Å². The molecule has 2 aliphatic rings. The van der Waals surface area contributed by atoms with E-state index in [0.29, 0.717) is 4.99 Å². The molecule has 0 radical (unpaired) electrons. The van der Waals surface area contributed by atoms with Gasteiger partial charge in [-0.25, -0.2) is 0 Å². The van der Waals surface area contributed by atoms with Crippen molar-refractivity contribution in [1.29, 1.82) is 0 Å². The summed E-state index contributed by atoms with van der Waals surface area (Å²) in [6.07, 6.45) is 9.28. The molecule has 0 aromatic heterocycles. The van der Waals surface area contributed by atoms with Gasteiger partial charge in [0.15, 0.2) is 0 Å². The number of nitrogens with zero attached hydrogens (tertiary/aromatic N) is 1. The van der Waals surface area contributed by atoms with Gasteiger partial charge in [-0.2, -0.15) is 0 Å². The molecule has 0 bridgehead atoms. The predicted molar refractivity (Wildman–Crippen MR) is 68.0 cm³/mol. The Hall–Kier alpha value is -0.150. The minimum atomic E-state index is 0.676. The van der Waals surface area contributed by atoms with E-state index in [4.69, 9.17) is 18.0 Å². The maximum atomic E-state index is 5.53. The van der Waals surface area contributed by atoms with Gasteiger partial charge in [-0.05, 0) is 57.5 Å². The van der Waals surface area contributed by atoms with Crippen molar-refractivity contribution in [2.24, 2.45) is 11.7 Å². The smallest absolute Gasteiger partial charge is 0.0727 e. The minimum Gasteiger partial charge on any atom is -0.393 e. The Labute approximate surface area is 98.2 Å². The van der Waals surface area contributed by atoms with E-state index >= 15 is 0 Å². The van der Waals surface area contributed by atoms with Crippen LogP contribution >= 0.6 is 12.2 Å². The fourth-order valence-electron chi connectivity index (χ4n) is 3.29. The third-order valence-electron chi connectivity index (χ3n) is 3.98. The number of rotatable bonds is 4. The summed E-state index contributed by atoms with van der Waals surface area (Å²) < 4.78 is 0. The first-order chi connectivity index (χ1) is 7.27. The number of nitrogens with two attached hydrogens (primary N) is 1. The van der Waals surface area contributed by atoms with Crippen molar-refractivity contribution in [3.8, 4) is 0 Å². The molecule has 2 unspecified atom stereocenters. The quantitative estimate of drug-likeness (QED) is 0.746. The van der Waals surface area contributed by atoms with Gasteiger partial charge in [-0.15, -0.1) is 0 Å². The molecule has 0 aromatic rings. The molecule has 2 atom stereocenters. The molecule has 1 saturated carbocycles. The van der Waals surface area contributed by atoms with Crippen molar-refractivity contribution in [1.82, 2.24) is 4.90 Å². The molecule has 0 amide bonds. The molecule has 0 spiro atoms. The van der Waals surface area contributed by atoms with Crippen LogP contribution in [0.15, 0.2) is 0 Å². The second-order valence-corrected chi connectivity index (χ2v) is 5.53. The fourth-order valence-corrected chi connectivity index (χ4v) is 3.44. The van der Waals surface area contributed by atoms with Gasteiger partial charge in [0.25, 0.3) is 0 Å². The van der Waals surface area contributed by atoms with Gasteiger partial charge in [-0.3, -0.25) is 0 Å². The van der Waals surface area contributed by atoms with E-state index in [1.54, 1.807) is 0 Å². The van der Waals surface area contributed by atoms with Crippen molar-refractivity contribution >= 4 is 17.2 Å². The first-order valence-corrected chi connectivity index (χ1v) is 6.70. The number of fused-ring (bicyclic) bond motifs is 1. The molecule has 2 nitrogen and oxygen atoms in total. The minimum absolute atomic E-state index is 0.676. The first kappa shape index (κ1) is 11.3. The normalized spacial score (nSPS) is 31.5. The summed E-state index contributed by atoms with van der Waals surface area (Å²) in [6, 6.07) is 0.894. The van der Waals surface area contributed by atoms with Gasteiger partial charge in [0, 0.05) is 6.04 Å². The largest absolute Gasteiger partial charge is 0.393 e. The van der Waals surface area contributed by atoms with Crippen molar-refractivity contribution in [3.63, 3.8) is 0 Å². The number of thiocarbonyl (C=S) groups is 1. The SMILES string of the molecule is NC(=S)CCCN1CCCC2CCCC21. The molecule has 1 saturated heterocycles. The van der Waals surface area contributed by atoms with Crippen LogP contribution in [-0.2, 0) is 0 Å². The fraction of sp³-hybridized carbons (Fsp3) is 0.917. The van der Waals surface area contributed by atoms with E-state index in [2.05, 4.69) is 4.90 Å². The van der Waals surface area contributed by atoms with Crippen LogP contribution in [0.2, 0.25) is 0 Å². The first-order valence-electron chi connectivity index (χ1n) is 6.30. The highest BCUT2D eigenvalue weighted by Gasteiger charge is 2.34. The number of piperidine rings is 1. The van der Waals surface area contributed by atoms with Crippen molar-refractivity contribution < 1.29 is 0 Å². The second kappa shape index (κ2) is 5.26. The summed E-state index contributed by atoms with van der Waals surface area (Å²) in [6.45, 7) is 2.51. The molecular weight excluding hydrogens is 204 g/mol. The highest BCUT2D eigenvalue weighted by molar-refractivity contribution is 7.80. The molecule has 1 aliphatic carbocycles. The summed E-state index contributed by atoms with van der Waals surface area (Å²) in [4.78, 5) is 3.37. The third-order valence-corrected chi connectivity index (χ3v) is 4.18. The lowest BCUT2D eigenvalue weighted by Gasteiger charge is -2.37. The molecule has 0 aromatic carbocycles. The molecule has 15 heavy (non-hydrogen) atoms. The molecule has 86 valence electrons. The van der Waals surface area contributed by atoms with E-state index in [-0.39, 0.29) is 0 Å².